The Kier molecular flexibility index (Phi) is 6.95. The molecule has 146 valence electrons. The number of carbonyl (C=O) groups is 1. The average Bonchev–Trinajstić information content (AvgIpc) is 3.16. The van der Waals surface area contributed by atoms with Crippen LogP contribution in [0.15, 0.2) is 34.9 Å². The van der Waals surface area contributed by atoms with Gasteiger partial charge in [0.1, 0.15) is 0 Å². The van der Waals surface area contributed by atoms with Crippen LogP contribution in [0.5, 0.6) is 0 Å². The van der Waals surface area contributed by atoms with Crippen LogP contribution in [0.2, 0.25) is 0 Å². The van der Waals surface area contributed by atoms with E-state index in [1.807, 2.05) is 44.4 Å². The number of rotatable bonds is 8. The molecule has 0 unspecified atom stereocenters. The maximum Gasteiger partial charge on any atom is 0.227 e. The number of benzene rings is 1. The molecule has 1 aromatic heterocycles. The molecular weight excluding hydrogens is 342 g/mol. The van der Waals surface area contributed by atoms with Gasteiger partial charge in [-0.1, -0.05) is 35.5 Å². The zero-order valence-electron chi connectivity index (χ0n) is 16.3. The number of aromatic nitrogens is 2. The normalized spacial score (nSPS) is 15.8. The summed E-state index contributed by atoms with van der Waals surface area (Å²) in [5.74, 6) is 1.56. The van der Waals surface area contributed by atoms with Gasteiger partial charge in [0.25, 0.3) is 0 Å². The monoisotopic (exact) mass is 371 g/mol. The highest BCUT2D eigenvalue weighted by Gasteiger charge is 2.18. The lowest BCUT2D eigenvalue weighted by atomic mass is 10.2. The van der Waals surface area contributed by atoms with E-state index in [0.717, 1.165) is 57.7 Å². The molecule has 7 nitrogen and oxygen atoms in total. The standard InChI is InChI=1S/C20H29N5O2/c1-23(2)19(26)10-12-25-15-13-24(14-16-25)11-6-9-18-21-20(22-27-18)17-7-4-3-5-8-17/h3-5,7-8H,6,9-16H2,1-2H3. The average molecular weight is 371 g/mol. The molecule has 1 fully saturated rings. The first-order valence-electron chi connectivity index (χ1n) is 9.64. The van der Waals surface area contributed by atoms with Gasteiger partial charge in [-0.2, -0.15) is 4.98 Å². The number of amides is 1. The highest BCUT2D eigenvalue weighted by Crippen LogP contribution is 2.15. The lowest BCUT2D eigenvalue weighted by Gasteiger charge is -2.34. The predicted molar refractivity (Wildman–Crippen MR) is 104 cm³/mol. The zero-order valence-corrected chi connectivity index (χ0v) is 16.3. The summed E-state index contributed by atoms with van der Waals surface area (Å²) in [5.41, 5.74) is 0.983. The zero-order chi connectivity index (χ0) is 19.1. The van der Waals surface area contributed by atoms with Gasteiger partial charge in [-0.25, -0.2) is 0 Å². The second-order valence-corrected chi connectivity index (χ2v) is 7.20. The number of hydrogen-bond donors (Lipinski definition) is 0. The van der Waals surface area contributed by atoms with E-state index in [2.05, 4.69) is 19.9 Å². The summed E-state index contributed by atoms with van der Waals surface area (Å²) >= 11 is 0. The number of hydrogen-bond acceptors (Lipinski definition) is 6. The Labute approximate surface area is 160 Å². The van der Waals surface area contributed by atoms with Crippen LogP contribution in [0.1, 0.15) is 18.7 Å². The first kappa shape index (κ1) is 19.5. The fourth-order valence-corrected chi connectivity index (χ4v) is 3.23. The first-order chi connectivity index (χ1) is 13.1. The molecule has 0 aliphatic carbocycles. The summed E-state index contributed by atoms with van der Waals surface area (Å²) in [4.78, 5) is 22.7. The van der Waals surface area contributed by atoms with Crippen molar-refractivity contribution in [1.82, 2.24) is 24.8 Å². The molecule has 1 amide bonds. The number of nitrogens with zero attached hydrogens (tertiary/aromatic N) is 5. The van der Waals surface area contributed by atoms with E-state index in [0.29, 0.717) is 18.1 Å². The number of aryl methyl sites for hydroxylation is 1. The summed E-state index contributed by atoms with van der Waals surface area (Å²) in [5, 5.41) is 4.07. The third-order valence-corrected chi connectivity index (χ3v) is 4.97. The van der Waals surface area contributed by atoms with Crippen LogP contribution in [0.4, 0.5) is 0 Å². The van der Waals surface area contributed by atoms with E-state index >= 15 is 0 Å². The van der Waals surface area contributed by atoms with Crippen molar-refractivity contribution in [2.45, 2.75) is 19.3 Å². The van der Waals surface area contributed by atoms with Crippen LogP contribution in [0.25, 0.3) is 11.4 Å². The molecule has 1 aromatic carbocycles. The highest BCUT2D eigenvalue weighted by atomic mass is 16.5. The van der Waals surface area contributed by atoms with Crippen LogP contribution < -0.4 is 0 Å². The van der Waals surface area contributed by atoms with E-state index in [1.165, 1.54) is 0 Å². The van der Waals surface area contributed by atoms with E-state index in [4.69, 9.17) is 4.52 Å². The molecule has 0 spiro atoms. The molecule has 7 heteroatoms. The van der Waals surface area contributed by atoms with Crippen LogP contribution in [0.3, 0.4) is 0 Å². The maximum atomic E-state index is 11.7. The Morgan fingerprint density at radius 2 is 1.74 bits per heavy atom. The Balaban J connectivity index is 1.34. The van der Waals surface area contributed by atoms with Gasteiger partial charge in [-0.15, -0.1) is 0 Å². The molecule has 1 aliphatic rings. The molecule has 1 saturated heterocycles. The minimum Gasteiger partial charge on any atom is -0.349 e. The maximum absolute atomic E-state index is 11.7. The van der Waals surface area contributed by atoms with E-state index in [9.17, 15) is 4.79 Å². The second kappa shape index (κ2) is 9.62. The third-order valence-electron chi connectivity index (χ3n) is 4.97. The number of piperazine rings is 1. The van der Waals surface area contributed by atoms with E-state index in [1.54, 1.807) is 4.90 Å². The van der Waals surface area contributed by atoms with Gasteiger partial charge in [0.2, 0.25) is 17.6 Å². The number of carbonyl (C=O) groups excluding carboxylic acids is 1. The van der Waals surface area contributed by atoms with Gasteiger partial charge in [0.15, 0.2) is 0 Å². The summed E-state index contributed by atoms with van der Waals surface area (Å²) in [6, 6.07) is 9.90. The molecule has 0 radical (unpaired) electrons. The molecule has 27 heavy (non-hydrogen) atoms. The minimum absolute atomic E-state index is 0.201. The van der Waals surface area contributed by atoms with Crippen molar-refractivity contribution in [1.29, 1.82) is 0 Å². The Morgan fingerprint density at radius 3 is 2.41 bits per heavy atom. The van der Waals surface area contributed by atoms with E-state index in [-0.39, 0.29) is 5.91 Å². The van der Waals surface area contributed by atoms with Crippen LogP contribution in [0, 0.1) is 0 Å². The van der Waals surface area contributed by atoms with Crippen molar-refractivity contribution in [2.75, 3.05) is 53.4 Å². The summed E-state index contributed by atoms with van der Waals surface area (Å²) in [6.45, 7) is 6.05. The Hall–Kier alpha value is -2.25. The Morgan fingerprint density at radius 1 is 1.07 bits per heavy atom. The lowest BCUT2D eigenvalue weighted by Crippen LogP contribution is -2.47. The van der Waals surface area contributed by atoms with Crippen molar-refractivity contribution >= 4 is 5.91 Å². The van der Waals surface area contributed by atoms with Crippen molar-refractivity contribution < 1.29 is 9.32 Å². The molecule has 3 rings (SSSR count). The highest BCUT2D eigenvalue weighted by molar-refractivity contribution is 5.75. The molecule has 0 saturated carbocycles. The first-order valence-corrected chi connectivity index (χ1v) is 9.64. The third kappa shape index (κ3) is 5.87. The van der Waals surface area contributed by atoms with Crippen molar-refractivity contribution in [3.63, 3.8) is 0 Å². The van der Waals surface area contributed by atoms with Crippen molar-refractivity contribution in [3.8, 4) is 11.4 Å². The molecular formula is C20H29N5O2. The van der Waals surface area contributed by atoms with Crippen LogP contribution in [-0.2, 0) is 11.2 Å². The minimum atomic E-state index is 0.201. The van der Waals surface area contributed by atoms with E-state index < -0.39 is 0 Å². The molecule has 1 aliphatic heterocycles. The second-order valence-electron chi connectivity index (χ2n) is 7.20. The molecule has 2 heterocycles. The SMILES string of the molecule is CN(C)C(=O)CCN1CCN(CCCc2nc(-c3ccccc3)no2)CC1. The van der Waals surface area contributed by atoms with Crippen LogP contribution >= 0.6 is 0 Å². The Bertz CT molecular complexity index is 708. The smallest absolute Gasteiger partial charge is 0.227 e. The van der Waals surface area contributed by atoms with Crippen molar-refractivity contribution in [2.24, 2.45) is 0 Å². The van der Waals surface area contributed by atoms with Crippen molar-refractivity contribution in [3.05, 3.63) is 36.2 Å². The molecule has 2 aromatic rings. The fourth-order valence-electron chi connectivity index (χ4n) is 3.23. The topological polar surface area (TPSA) is 65.7 Å². The fraction of sp³-hybridized carbons (Fsp3) is 0.550. The van der Waals surface area contributed by atoms with Gasteiger partial charge < -0.3 is 19.2 Å². The van der Waals surface area contributed by atoms with Gasteiger partial charge in [0.05, 0.1) is 0 Å². The lowest BCUT2D eigenvalue weighted by molar-refractivity contribution is -0.129. The molecule has 0 bridgehead atoms. The predicted octanol–water partition coefficient (Wildman–Crippen LogP) is 1.77. The van der Waals surface area contributed by atoms with Gasteiger partial charge in [0, 0.05) is 65.2 Å². The quantitative estimate of drug-likeness (QED) is 0.705. The van der Waals surface area contributed by atoms with Gasteiger partial charge in [-0.05, 0) is 13.0 Å². The summed E-state index contributed by atoms with van der Waals surface area (Å²) in [6.07, 6.45) is 2.42. The summed E-state index contributed by atoms with van der Waals surface area (Å²) in [7, 11) is 3.62. The van der Waals surface area contributed by atoms with Crippen LogP contribution in [-0.4, -0.2) is 84.1 Å². The molecule has 0 N–H and O–H groups in total. The largest absolute Gasteiger partial charge is 0.349 e. The molecule has 0 atom stereocenters. The summed E-state index contributed by atoms with van der Waals surface area (Å²) < 4.78 is 5.38. The van der Waals surface area contributed by atoms with Gasteiger partial charge >= 0.3 is 0 Å². The van der Waals surface area contributed by atoms with Gasteiger partial charge in [-0.3, -0.25) is 4.79 Å².